The number of thioether (sulfide) groups is 1. The number of carbonyl (C=O) groups is 2. The average Bonchev–Trinajstić information content (AvgIpc) is 3.23. The minimum atomic E-state index is -0.559. The molecule has 2 aromatic carbocycles. The highest BCUT2D eigenvalue weighted by molar-refractivity contribution is 8.14. The molecule has 8 heteroatoms. The monoisotopic (exact) mass is 445 g/mol. The number of benzene rings is 2. The van der Waals surface area contributed by atoms with Crippen molar-refractivity contribution in [2.45, 2.75) is 19.9 Å². The van der Waals surface area contributed by atoms with Gasteiger partial charge in [-0.15, -0.1) is 0 Å². The molecule has 1 aliphatic heterocycles. The van der Waals surface area contributed by atoms with Gasteiger partial charge in [-0.05, 0) is 26.0 Å². The standard InChI is InChI=1S/C24H23N5O2S/c1-15-21(16(2)30)23(27-24(26-15)32-14-20(25)31)19-13-29(18-11-7-4-8-12-18)28-22(19)17-9-5-3-6-10-17/h3-13,23H,14H2,1-2H3,(H2,25,31)(H,26,27). The van der Waals surface area contributed by atoms with Gasteiger partial charge in [0.05, 0.1) is 17.1 Å². The number of aromatic nitrogens is 2. The summed E-state index contributed by atoms with van der Waals surface area (Å²) in [4.78, 5) is 28.7. The number of primary amides is 1. The Labute approximate surface area is 190 Å². The number of Topliss-reactive ketones (excluding diaryl/α,β-unsaturated/α-hetero) is 1. The maximum atomic E-state index is 12.6. The highest BCUT2D eigenvalue weighted by Gasteiger charge is 2.31. The Balaban J connectivity index is 1.88. The van der Waals surface area contributed by atoms with Gasteiger partial charge < -0.3 is 11.1 Å². The van der Waals surface area contributed by atoms with Crippen molar-refractivity contribution in [1.82, 2.24) is 15.1 Å². The first kappa shape index (κ1) is 21.6. The van der Waals surface area contributed by atoms with Crippen LogP contribution in [0.5, 0.6) is 0 Å². The van der Waals surface area contributed by atoms with Gasteiger partial charge in [-0.1, -0.05) is 60.3 Å². The van der Waals surface area contributed by atoms with Crippen molar-refractivity contribution in [3.8, 4) is 16.9 Å². The summed E-state index contributed by atoms with van der Waals surface area (Å²) in [7, 11) is 0. The van der Waals surface area contributed by atoms with E-state index >= 15 is 0 Å². The SMILES string of the molecule is CC(=O)C1=C(C)NC(SCC(N)=O)=NC1c1cn(-c2ccccc2)nc1-c1ccccc1. The van der Waals surface area contributed by atoms with E-state index in [0.29, 0.717) is 16.4 Å². The molecule has 0 saturated heterocycles. The minimum Gasteiger partial charge on any atom is -0.369 e. The van der Waals surface area contributed by atoms with Gasteiger partial charge in [-0.3, -0.25) is 9.59 Å². The molecule has 3 aromatic rings. The quantitative estimate of drug-likeness (QED) is 0.603. The summed E-state index contributed by atoms with van der Waals surface area (Å²) in [5.74, 6) is -0.415. The zero-order valence-corrected chi connectivity index (χ0v) is 18.6. The maximum Gasteiger partial charge on any atom is 0.227 e. The predicted molar refractivity (Wildman–Crippen MR) is 127 cm³/mol. The molecule has 162 valence electrons. The van der Waals surface area contributed by atoms with Crippen molar-refractivity contribution in [2.24, 2.45) is 10.7 Å². The summed E-state index contributed by atoms with van der Waals surface area (Å²) in [5.41, 5.74) is 9.97. The summed E-state index contributed by atoms with van der Waals surface area (Å²) in [6, 6.07) is 19.1. The number of ketones is 1. The van der Waals surface area contributed by atoms with E-state index in [1.165, 1.54) is 18.7 Å². The van der Waals surface area contributed by atoms with Gasteiger partial charge in [0.25, 0.3) is 0 Å². The van der Waals surface area contributed by atoms with Crippen LogP contribution in [0.25, 0.3) is 16.9 Å². The highest BCUT2D eigenvalue weighted by Crippen LogP contribution is 2.38. The third kappa shape index (κ3) is 4.50. The smallest absolute Gasteiger partial charge is 0.227 e. The highest BCUT2D eigenvalue weighted by atomic mass is 32.2. The number of nitrogens with two attached hydrogens (primary N) is 1. The Morgan fingerprint density at radius 2 is 1.75 bits per heavy atom. The Morgan fingerprint density at radius 3 is 2.38 bits per heavy atom. The number of amidine groups is 1. The number of hydrogen-bond acceptors (Lipinski definition) is 6. The topological polar surface area (TPSA) is 102 Å². The number of hydrogen-bond donors (Lipinski definition) is 2. The van der Waals surface area contributed by atoms with Crippen molar-refractivity contribution in [1.29, 1.82) is 0 Å². The lowest BCUT2D eigenvalue weighted by molar-refractivity contribution is -0.115. The van der Waals surface area contributed by atoms with Crippen molar-refractivity contribution in [2.75, 3.05) is 5.75 Å². The molecule has 1 unspecified atom stereocenters. The number of nitrogens with zero attached hydrogens (tertiary/aromatic N) is 3. The predicted octanol–water partition coefficient (Wildman–Crippen LogP) is 3.62. The van der Waals surface area contributed by atoms with Crippen LogP contribution in [0.3, 0.4) is 0 Å². The van der Waals surface area contributed by atoms with Gasteiger partial charge >= 0.3 is 0 Å². The number of nitrogens with one attached hydrogen (secondary N) is 1. The molecule has 7 nitrogen and oxygen atoms in total. The summed E-state index contributed by atoms with van der Waals surface area (Å²) < 4.78 is 1.80. The Morgan fingerprint density at radius 1 is 1.09 bits per heavy atom. The zero-order chi connectivity index (χ0) is 22.7. The van der Waals surface area contributed by atoms with Crippen LogP contribution in [-0.4, -0.2) is 32.4 Å². The fourth-order valence-corrected chi connectivity index (χ4v) is 4.35. The Hall–Kier alpha value is -3.65. The molecule has 0 radical (unpaired) electrons. The van der Waals surface area contributed by atoms with Gasteiger partial charge in [0.2, 0.25) is 5.91 Å². The van der Waals surface area contributed by atoms with Crippen LogP contribution in [0.4, 0.5) is 0 Å². The van der Waals surface area contributed by atoms with Gasteiger partial charge in [0.1, 0.15) is 6.04 Å². The molecule has 2 heterocycles. The van der Waals surface area contributed by atoms with Crippen LogP contribution in [0.15, 0.2) is 83.1 Å². The molecule has 3 N–H and O–H groups in total. The molecule has 0 spiro atoms. The van der Waals surface area contributed by atoms with E-state index in [9.17, 15) is 9.59 Å². The summed E-state index contributed by atoms with van der Waals surface area (Å²) in [6.07, 6.45) is 1.92. The molecule has 1 aliphatic rings. The zero-order valence-electron chi connectivity index (χ0n) is 17.8. The first-order valence-corrected chi connectivity index (χ1v) is 11.1. The van der Waals surface area contributed by atoms with Crippen molar-refractivity contribution >= 4 is 28.6 Å². The fourth-order valence-electron chi connectivity index (χ4n) is 3.66. The number of para-hydroxylation sites is 1. The van der Waals surface area contributed by atoms with Crippen molar-refractivity contribution in [3.63, 3.8) is 0 Å². The molecule has 0 saturated carbocycles. The Kier molecular flexibility index (Phi) is 6.23. The first-order chi connectivity index (χ1) is 15.4. The lowest BCUT2D eigenvalue weighted by atomic mass is 9.92. The molecule has 1 aromatic heterocycles. The molecule has 4 rings (SSSR count). The van der Waals surface area contributed by atoms with E-state index in [1.807, 2.05) is 73.8 Å². The van der Waals surface area contributed by atoms with Crippen LogP contribution in [0.1, 0.15) is 25.5 Å². The van der Waals surface area contributed by atoms with Crippen LogP contribution in [0, 0.1) is 0 Å². The fraction of sp³-hybridized carbons (Fsp3) is 0.167. The molecule has 0 aliphatic carbocycles. The van der Waals surface area contributed by atoms with E-state index in [4.69, 9.17) is 15.8 Å². The third-order valence-electron chi connectivity index (χ3n) is 5.05. The molecular weight excluding hydrogens is 422 g/mol. The van der Waals surface area contributed by atoms with Crippen molar-refractivity contribution in [3.05, 3.63) is 83.7 Å². The molecular formula is C24H23N5O2S. The van der Waals surface area contributed by atoms with Crippen LogP contribution in [0.2, 0.25) is 0 Å². The third-order valence-corrected chi connectivity index (χ3v) is 5.96. The lowest BCUT2D eigenvalue weighted by Crippen LogP contribution is -2.30. The van der Waals surface area contributed by atoms with Gasteiger partial charge in [0, 0.05) is 28.6 Å². The van der Waals surface area contributed by atoms with E-state index in [2.05, 4.69) is 5.32 Å². The molecule has 0 fully saturated rings. The number of allylic oxidation sites excluding steroid dienone is 1. The second kappa shape index (κ2) is 9.23. The Bertz CT molecular complexity index is 1220. The van der Waals surface area contributed by atoms with E-state index < -0.39 is 11.9 Å². The normalized spacial score (nSPS) is 15.8. The van der Waals surface area contributed by atoms with Crippen LogP contribution in [-0.2, 0) is 9.59 Å². The second-order valence-electron chi connectivity index (χ2n) is 7.39. The average molecular weight is 446 g/mol. The lowest BCUT2D eigenvalue weighted by Gasteiger charge is -2.25. The summed E-state index contributed by atoms with van der Waals surface area (Å²) in [6.45, 7) is 3.38. The number of carbonyl (C=O) groups excluding carboxylic acids is 2. The summed E-state index contributed by atoms with van der Waals surface area (Å²) >= 11 is 1.22. The molecule has 0 bridgehead atoms. The summed E-state index contributed by atoms with van der Waals surface area (Å²) in [5, 5.41) is 8.54. The van der Waals surface area contributed by atoms with E-state index in [1.54, 1.807) is 4.68 Å². The number of amides is 1. The minimum absolute atomic E-state index is 0.0748. The van der Waals surface area contributed by atoms with Gasteiger partial charge in [0.15, 0.2) is 11.0 Å². The van der Waals surface area contributed by atoms with Crippen molar-refractivity contribution < 1.29 is 9.59 Å². The molecule has 1 atom stereocenters. The molecule has 1 amide bonds. The number of rotatable bonds is 6. The largest absolute Gasteiger partial charge is 0.369 e. The molecule has 32 heavy (non-hydrogen) atoms. The van der Waals surface area contributed by atoms with Gasteiger partial charge in [-0.2, -0.15) is 5.10 Å². The number of aliphatic imine (C=N–C) groups is 1. The van der Waals surface area contributed by atoms with Crippen LogP contribution >= 0.6 is 11.8 Å². The van der Waals surface area contributed by atoms with E-state index in [-0.39, 0.29) is 11.5 Å². The van der Waals surface area contributed by atoms with Gasteiger partial charge in [-0.25, -0.2) is 9.67 Å². The first-order valence-electron chi connectivity index (χ1n) is 10.1. The maximum absolute atomic E-state index is 12.6. The second-order valence-corrected chi connectivity index (χ2v) is 8.35. The van der Waals surface area contributed by atoms with Crippen LogP contribution < -0.4 is 11.1 Å². The van der Waals surface area contributed by atoms with E-state index in [0.717, 1.165) is 22.5 Å².